The Labute approximate surface area is 116 Å². The normalized spacial score (nSPS) is 19.4. The molecule has 100 valence electrons. The van der Waals surface area contributed by atoms with E-state index < -0.39 is 0 Å². The van der Waals surface area contributed by atoms with Crippen LogP contribution in [0.4, 0.5) is 0 Å². The fourth-order valence-electron chi connectivity index (χ4n) is 3.21. The number of thioether (sulfide) groups is 1. The van der Waals surface area contributed by atoms with E-state index in [1.54, 1.807) is 0 Å². The second-order valence-electron chi connectivity index (χ2n) is 5.26. The van der Waals surface area contributed by atoms with Crippen molar-refractivity contribution in [2.45, 2.75) is 49.5 Å². The molecule has 1 N–H and O–H groups in total. The van der Waals surface area contributed by atoms with E-state index in [0.717, 1.165) is 5.92 Å². The van der Waals surface area contributed by atoms with Gasteiger partial charge in [-0.3, -0.25) is 0 Å². The van der Waals surface area contributed by atoms with Gasteiger partial charge in [0.25, 0.3) is 0 Å². The van der Waals surface area contributed by atoms with Crippen molar-refractivity contribution >= 4 is 11.8 Å². The van der Waals surface area contributed by atoms with Gasteiger partial charge in [0.05, 0.1) is 0 Å². The standard InChI is InChI=1S/C16H25NS/c1-17-16(13-9-5-3-4-6-10-13)14-11-7-8-12-15(14)18-2/h7-8,11-13,16-17H,3-6,9-10H2,1-2H3. The van der Waals surface area contributed by atoms with Crippen molar-refractivity contribution < 1.29 is 0 Å². The second kappa shape index (κ2) is 7.20. The maximum atomic E-state index is 3.58. The molecule has 18 heavy (non-hydrogen) atoms. The Balaban J connectivity index is 2.20. The second-order valence-corrected chi connectivity index (χ2v) is 6.11. The highest BCUT2D eigenvalue weighted by molar-refractivity contribution is 7.98. The van der Waals surface area contributed by atoms with E-state index in [-0.39, 0.29) is 0 Å². The molecule has 0 aromatic heterocycles. The summed E-state index contributed by atoms with van der Waals surface area (Å²) in [7, 11) is 2.12. The molecule has 1 aliphatic rings. The van der Waals surface area contributed by atoms with Gasteiger partial charge in [0.1, 0.15) is 0 Å². The molecule has 0 saturated heterocycles. The summed E-state index contributed by atoms with van der Waals surface area (Å²) >= 11 is 1.87. The summed E-state index contributed by atoms with van der Waals surface area (Å²) in [6, 6.07) is 9.41. The van der Waals surface area contributed by atoms with E-state index in [4.69, 9.17) is 0 Å². The topological polar surface area (TPSA) is 12.0 Å². The number of hydrogen-bond acceptors (Lipinski definition) is 2. The van der Waals surface area contributed by atoms with Crippen LogP contribution in [0.3, 0.4) is 0 Å². The highest BCUT2D eigenvalue weighted by atomic mass is 32.2. The summed E-state index contributed by atoms with van der Waals surface area (Å²) in [5.41, 5.74) is 1.50. The minimum atomic E-state index is 0.534. The number of benzene rings is 1. The molecule has 2 rings (SSSR count). The lowest BCUT2D eigenvalue weighted by Gasteiger charge is -2.27. The van der Waals surface area contributed by atoms with Crippen LogP contribution < -0.4 is 5.32 Å². The van der Waals surface area contributed by atoms with Crippen LogP contribution in [-0.2, 0) is 0 Å². The molecule has 0 bridgehead atoms. The molecule has 1 fully saturated rings. The molecule has 1 saturated carbocycles. The molecule has 2 heteroatoms. The van der Waals surface area contributed by atoms with E-state index >= 15 is 0 Å². The maximum Gasteiger partial charge on any atom is 0.0357 e. The monoisotopic (exact) mass is 263 g/mol. The summed E-state index contributed by atoms with van der Waals surface area (Å²) in [6.45, 7) is 0. The Morgan fingerprint density at radius 1 is 1.11 bits per heavy atom. The van der Waals surface area contributed by atoms with Gasteiger partial charge in [-0.2, -0.15) is 0 Å². The lowest BCUT2D eigenvalue weighted by Crippen LogP contribution is -2.25. The van der Waals surface area contributed by atoms with Crippen LogP contribution in [0.2, 0.25) is 0 Å². The predicted octanol–water partition coefficient (Wildman–Crippen LogP) is 4.64. The smallest absolute Gasteiger partial charge is 0.0357 e. The molecule has 1 nitrogen and oxygen atoms in total. The van der Waals surface area contributed by atoms with Gasteiger partial charge >= 0.3 is 0 Å². The summed E-state index contributed by atoms with van der Waals surface area (Å²) in [5.74, 6) is 0.811. The van der Waals surface area contributed by atoms with E-state index in [9.17, 15) is 0 Å². The minimum absolute atomic E-state index is 0.534. The van der Waals surface area contributed by atoms with Gasteiger partial charge in [-0.25, -0.2) is 0 Å². The van der Waals surface area contributed by atoms with Crippen LogP contribution in [0.1, 0.15) is 50.1 Å². The van der Waals surface area contributed by atoms with Crippen LogP contribution in [0.5, 0.6) is 0 Å². The van der Waals surface area contributed by atoms with Crippen molar-refractivity contribution in [1.82, 2.24) is 5.32 Å². The van der Waals surface area contributed by atoms with Gasteiger partial charge < -0.3 is 5.32 Å². The van der Waals surface area contributed by atoms with Gasteiger partial charge in [-0.15, -0.1) is 11.8 Å². The van der Waals surface area contributed by atoms with Crippen LogP contribution in [0, 0.1) is 5.92 Å². The first kappa shape index (κ1) is 14.0. The average molecular weight is 263 g/mol. The van der Waals surface area contributed by atoms with Gasteiger partial charge in [0.15, 0.2) is 0 Å². The molecule has 1 unspecified atom stereocenters. The van der Waals surface area contributed by atoms with E-state index in [1.807, 2.05) is 11.8 Å². The lowest BCUT2D eigenvalue weighted by molar-refractivity contribution is 0.338. The van der Waals surface area contributed by atoms with Crippen molar-refractivity contribution in [1.29, 1.82) is 0 Å². The molecular formula is C16H25NS. The summed E-state index contributed by atoms with van der Waals surface area (Å²) < 4.78 is 0. The molecule has 1 aliphatic carbocycles. The Bertz CT molecular complexity index is 356. The Morgan fingerprint density at radius 3 is 2.39 bits per heavy atom. The molecular weight excluding hydrogens is 238 g/mol. The first-order chi connectivity index (χ1) is 8.86. The highest BCUT2D eigenvalue weighted by Gasteiger charge is 2.24. The van der Waals surface area contributed by atoms with Gasteiger partial charge in [0, 0.05) is 10.9 Å². The zero-order valence-corrected chi connectivity index (χ0v) is 12.4. The van der Waals surface area contributed by atoms with Crippen molar-refractivity contribution in [3.8, 4) is 0 Å². The van der Waals surface area contributed by atoms with E-state index in [2.05, 4.69) is 42.9 Å². The van der Waals surface area contributed by atoms with Crippen LogP contribution in [0.25, 0.3) is 0 Å². The van der Waals surface area contributed by atoms with Crippen molar-refractivity contribution in [3.05, 3.63) is 29.8 Å². The molecule has 0 radical (unpaired) electrons. The van der Waals surface area contributed by atoms with Gasteiger partial charge in [-0.1, -0.05) is 43.9 Å². The number of nitrogens with one attached hydrogen (secondary N) is 1. The van der Waals surface area contributed by atoms with E-state index in [0.29, 0.717) is 6.04 Å². The molecule has 1 atom stereocenters. The SMILES string of the molecule is CNC(c1ccccc1SC)C1CCCCCC1. The number of rotatable bonds is 4. The third-order valence-electron chi connectivity index (χ3n) is 4.16. The molecule has 0 heterocycles. The number of hydrogen-bond donors (Lipinski definition) is 1. The predicted molar refractivity (Wildman–Crippen MR) is 81.2 cm³/mol. The van der Waals surface area contributed by atoms with Crippen molar-refractivity contribution in [2.24, 2.45) is 5.92 Å². The Kier molecular flexibility index (Phi) is 5.58. The Morgan fingerprint density at radius 2 is 1.78 bits per heavy atom. The van der Waals surface area contributed by atoms with Crippen LogP contribution >= 0.6 is 11.8 Å². The molecule has 1 aromatic carbocycles. The van der Waals surface area contributed by atoms with Crippen molar-refractivity contribution in [2.75, 3.05) is 13.3 Å². The summed E-state index contributed by atoms with van der Waals surface area (Å²) in [5, 5.41) is 3.58. The third-order valence-corrected chi connectivity index (χ3v) is 4.97. The minimum Gasteiger partial charge on any atom is -0.313 e. The van der Waals surface area contributed by atoms with Crippen molar-refractivity contribution in [3.63, 3.8) is 0 Å². The van der Waals surface area contributed by atoms with Gasteiger partial charge in [0.2, 0.25) is 0 Å². The quantitative estimate of drug-likeness (QED) is 0.627. The zero-order valence-electron chi connectivity index (χ0n) is 11.6. The molecule has 1 aromatic rings. The first-order valence-corrected chi connectivity index (χ1v) is 8.39. The average Bonchev–Trinajstić information content (AvgIpc) is 2.69. The maximum absolute atomic E-state index is 3.58. The highest BCUT2D eigenvalue weighted by Crippen LogP contribution is 2.36. The van der Waals surface area contributed by atoms with E-state index in [1.165, 1.54) is 49.0 Å². The largest absolute Gasteiger partial charge is 0.313 e. The first-order valence-electron chi connectivity index (χ1n) is 7.17. The van der Waals surface area contributed by atoms with Gasteiger partial charge in [-0.05, 0) is 43.7 Å². The fraction of sp³-hybridized carbons (Fsp3) is 0.625. The molecule has 0 amide bonds. The lowest BCUT2D eigenvalue weighted by atomic mass is 9.87. The molecule has 0 aliphatic heterocycles. The fourth-order valence-corrected chi connectivity index (χ4v) is 3.86. The Hall–Kier alpha value is -0.470. The summed E-state index contributed by atoms with van der Waals surface area (Å²) in [4.78, 5) is 1.43. The molecule has 0 spiro atoms. The van der Waals surface area contributed by atoms with Crippen LogP contribution in [0.15, 0.2) is 29.2 Å². The zero-order chi connectivity index (χ0) is 12.8. The third kappa shape index (κ3) is 3.30. The van der Waals surface area contributed by atoms with Crippen LogP contribution in [-0.4, -0.2) is 13.3 Å². The summed E-state index contributed by atoms with van der Waals surface area (Å²) in [6.07, 6.45) is 10.6.